The zero-order valence-corrected chi connectivity index (χ0v) is 9.35. The maximum absolute atomic E-state index is 5.67. The van der Waals surface area contributed by atoms with Crippen LogP contribution in [0.3, 0.4) is 0 Å². The number of hydrogen-bond acceptors (Lipinski definition) is 3. The Morgan fingerprint density at radius 1 is 1.00 bits per heavy atom. The molecule has 0 aliphatic carbocycles. The van der Waals surface area contributed by atoms with Gasteiger partial charge in [0.25, 0.3) is 0 Å². The molecule has 4 heteroatoms. The van der Waals surface area contributed by atoms with Crippen molar-refractivity contribution in [1.82, 2.24) is 4.90 Å². The highest BCUT2D eigenvalue weighted by molar-refractivity contribution is 6.18. The molecule has 0 amide bonds. The lowest BCUT2D eigenvalue weighted by molar-refractivity contribution is 0.136. The molecule has 0 N–H and O–H groups in total. The molecule has 0 unspecified atom stereocenters. The maximum atomic E-state index is 5.67. The van der Waals surface area contributed by atoms with E-state index in [0.717, 1.165) is 39.3 Å². The smallest absolute Gasteiger partial charge is 0.0589 e. The van der Waals surface area contributed by atoms with Crippen LogP contribution in [0, 0.1) is 0 Å². The molecule has 0 bridgehead atoms. The fraction of sp³-hybridized carbons (Fsp3) is 1.00. The van der Waals surface area contributed by atoms with Crippen LogP contribution in [0.25, 0.3) is 0 Å². The summed E-state index contributed by atoms with van der Waals surface area (Å²) in [6, 6.07) is 0. The van der Waals surface area contributed by atoms with Crippen LogP contribution in [-0.4, -0.2) is 57.8 Å². The lowest BCUT2D eigenvalue weighted by atomic mass is 10.4. The molecule has 3 nitrogen and oxygen atoms in total. The summed E-state index contributed by atoms with van der Waals surface area (Å²) in [6.07, 6.45) is 1.05. The van der Waals surface area contributed by atoms with Gasteiger partial charge < -0.3 is 9.47 Å². The second-order valence-electron chi connectivity index (χ2n) is 2.87. The van der Waals surface area contributed by atoms with Gasteiger partial charge in [-0.25, -0.2) is 0 Å². The Morgan fingerprint density at radius 3 is 2.23 bits per heavy atom. The molecule has 0 fully saturated rings. The molecule has 0 heterocycles. The average Bonchev–Trinajstić information content (AvgIpc) is 2.14. The highest BCUT2D eigenvalue weighted by Gasteiger charge is 2.02. The van der Waals surface area contributed by atoms with E-state index in [0.29, 0.717) is 5.88 Å². The number of nitrogens with zero attached hydrogens (tertiary/aromatic N) is 1. The molecular formula is C9H20ClNO2. The van der Waals surface area contributed by atoms with Crippen molar-refractivity contribution in [3.63, 3.8) is 0 Å². The van der Waals surface area contributed by atoms with Gasteiger partial charge in [-0.2, -0.15) is 0 Å². The highest BCUT2D eigenvalue weighted by atomic mass is 35.5. The molecule has 0 aromatic rings. The molecule has 0 aromatic carbocycles. The van der Waals surface area contributed by atoms with E-state index in [2.05, 4.69) is 4.90 Å². The fourth-order valence-electron chi connectivity index (χ4n) is 1.11. The minimum Gasteiger partial charge on any atom is -0.385 e. The Morgan fingerprint density at radius 2 is 1.69 bits per heavy atom. The Kier molecular flexibility index (Phi) is 10.4. The summed E-state index contributed by atoms with van der Waals surface area (Å²) in [4.78, 5) is 2.29. The van der Waals surface area contributed by atoms with Gasteiger partial charge in [0.15, 0.2) is 0 Å². The predicted molar refractivity (Wildman–Crippen MR) is 55.5 cm³/mol. The van der Waals surface area contributed by atoms with Gasteiger partial charge in [-0.1, -0.05) is 0 Å². The Balaban J connectivity index is 3.41. The number of hydrogen-bond donors (Lipinski definition) is 0. The SMILES string of the molecule is COCCCN(CCCl)CCOC. The molecule has 0 aromatic heterocycles. The van der Waals surface area contributed by atoms with Crippen molar-refractivity contribution >= 4 is 11.6 Å². The fourth-order valence-corrected chi connectivity index (χ4v) is 1.35. The number of alkyl halides is 1. The molecule has 13 heavy (non-hydrogen) atoms. The minimum atomic E-state index is 0.677. The third-order valence-electron chi connectivity index (χ3n) is 1.84. The second kappa shape index (κ2) is 10.3. The molecule has 0 atom stereocenters. The monoisotopic (exact) mass is 209 g/mol. The summed E-state index contributed by atoms with van der Waals surface area (Å²) in [7, 11) is 3.44. The standard InChI is InChI=1S/C9H20ClNO2/c1-12-8-3-5-11(6-4-10)7-9-13-2/h3-9H2,1-2H3. The summed E-state index contributed by atoms with van der Waals surface area (Å²) >= 11 is 5.67. The largest absolute Gasteiger partial charge is 0.385 e. The van der Waals surface area contributed by atoms with E-state index in [4.69, 9.17) is 21.1 Å². The molecule has 0 spiro atoms. The molecule has 0 radical (unpaired) electrons. The van der Waals surface area contributed by atoms with Crippen LogP contribution in [0.1, 0.15) is 6.42 Å². The summed E-state index contributed by atoms with van der Waals surface area (Å²) in [6.45, 7) is 4.49. The molecule has 0 saturated heterocycles. The topological polar surface area (TPSA) is 21.7 Å². The summed E-state index contributed by atoms with van der Waals surface area (Å²) in [5.74, 6) is 0.677. The van der Waals surface area contributed by atoms with Gasteiger partial charge in [0.05, 0.1) is 6.61 Å². The van der Waals surface area contributed by atoms with Crippen LogP contribution in [0.2, 0.25) is 0 Å². The van der Waals surface area contributed by atoms with E-state index in [9.17, 15) is 0 Å². The zero-order chi connectivity index (χ0) is 9.94. The Hall–Kier alpha value is 0.170. The van der Waals surface area contributed by atoms with Crippen molar-refractivity contribution in [2.24, 2.45) is 0 Å². The first-order valence-electron chi connectivity index (χ1n) is 4.61. The van der Waals surface area contributed by atoms with Crippen molar-refractivity contribution in [3.05, 3.63) is 0 Å². The van der Waals surface area contributed by atoms with Crippen molar-refractivity contribution in [3.8, 4) is 0 Å². The molecule has 80 valence electrons. The normalized spacial score (nSPS) is 11.1. The van der Waals surface area contributed by atoms with Crippen LogP contribution in [0.4, 0.5) is 0 Å². The lowest BCUT2D eigenvalue weighted by Gasteiger charge is -2.20. The van der Waals surface area contributed by atoms with E-state index in [1.807, 2.05) is 0 Å². The van der Waals surface area contributed by atoms with Gasteiger partial charge in [0.2, 0.25) is 0 Å². The van der Waals surface area contributed by atoms with Crippen LogP contribution < -0.4 is 0 Å². The van der Waals surface area contributed by atoms with Crippen LogP contribution in [0.5, 0.6) is 0 Å². The van der Waals surface area contributed by atoms with Crippen molar-refractivity contribution < 1.29 is 9.47 Å². The first-order chi connectivity index (χ1) is 6.35. The van der Waals surface area contributed by atoms with Crippen LogP contribution in [0.15, 0.2) is 0 Å². The molecule has 0 rings (SSSR count). The van der Waals surface area contributed by atoms with Gasteiger partial charge in [-0.15, -0.1) is 11.6 Å². The lowest BCUT2D eigenvalue weighted by Crippen LogP contribution is -2.30. The van der Waals surface area contributed by atoms with Gasteiger partial charge >= 0.3 is 0 Å². The van der Waals surface area contributed by atoms with E-state index >= 15 is 0 Å². The average molecular weight is 210 g/mol. The first-order valence-corrected chi connectivity index (χ1v) is 5.14. The van der Waals surface area contributed by atoms with Gasteiger partial charge in [-0.3, -0.25) is 4.90 Å². The number of rotatable bonds is 9. The summed E-state index contributed by atoms with van der Waals surface area (Å²) < 4.78 is 9.99. The quantitative estimate of drug-likeness (QED) is 0.421. The van der Waals surface area contributed by atoms with Crippen LogP contribution >= 0.6 is 11.6 Å². The third kappa shape index (κ3) is 8.50. The minimum absolute atomic E-state index is 0.677. The highest BCUT2D eigenvalue weighted by Crippen LogP contribution is 1.93. The summed E-state index contributed by atoms with van der Waals surface area (Å²) in [5.41, 5.74) is 0. The molecule has 0 aliphatic rings. The van der Waals surface area contributed by atoms with Gasteiger partial charge in [-0.05, 0) is 6.42 Å². The van der Waals surface area contributed by atoms with Crippen molar-refractivity contribution in [1.29, 1.82) is 0 Å². The van der Waals surface area contributed by atoms with E-state index in [1.54, 1.807) is 14.2 Å². The number of methoxy groups -OCH3 is 2. The Bertz CT molecular complexity index is 104. The van der Waals surface area contributed by atoms with E-state index in [1.165, 1.54) is 0 Å². The number of ether oxygens (including phenoxy) is 2. The first kappa shape index (κ1) is 13.2. The van der Waals surface area contributed by atoms with Crippen LogP contribution in [-0.2, 0) is 9.47 Å². The molecule has 0 saturated carbocycles. The zero-order valence-electron chi connectivity index (χ0n) is 8.59. The molecule has 0 aliphatic heterocycles. The molecular weight excluding hydrogens is 190 g/mol. The van der Waals surface area contributed by atoms with Crippen molar-refractivity contribution in [2.45, 2.75) is 6.42 Å². The van der Waals surface area contributed by atoms with Crippen molar-refractivity contribution in [2.75, 3.05) is 52.9 Å². The summed E-state index contributed by atoms with van der Waals surface area (Å²) in [5, 5.41) is 0. The third-order valence-corrected chi connectivity index (χ3v) is 2.00. The van der Waals surface area contributed by atoms with E-state index < -0.39 is 0 Å². The van der Waals surface area contributed by atoms with E-state index in [-0.39, 0.29) is 0 Å². The predicted octanol–water partition coefficient (Wildman–Crippen LogP) is 1.21. The maximum Gasteiger partial charge on any atom is 0.0589 e. The second-order valence-corrected chi connectivity index (χ2v) is 3.25. The number of halogens is 1. The van der Waals surface area contributed by atoms with Gasteiger partial charge in [0, 0.05) is 46.3 Å². The van der Waals surface area contributed by atoms with Gasteiger partial charge in [0.1, 0.15) is 0 Å². The Labute approximate surface area is 85.9 Å².